The second-order valence-electron chi connectivity index (χ2n) is 9.69. The van der Waals surface area contributed by atoms with Gasteiger partial charge in [0, 0.05) is 31.2 Å². The summed E-state index contributed by atoms with van der Waals surface area (Å²) in [6.45, 7) is 3.91. The Balaban J connectivity index is 1.12. The molecule has 2 amide bonds. The first kappa shape index (κ1) is 25.0. The second kappa shape index (κ2) is 10.0. The number of halogens is 4. The topological polar surface area (TPSA) is 57.7 Å². The van der Waals surface area contributed by atoms with Crippen LogP contribution in [-0.4, -0.2) is 47.0 Å². The molecule has 6 nitrogen and oxygen atoms in total. The van der Waals surface area contributed by atoms with Gasteiger partial charge < -0.3 is 15.0 Å². The molecule has 37 heavy (non-hydrogen) atoms. The average Bonchev–Trinajstić information content (AvgIpc) is 2.84. The smallest absolute Gasteiger partial charge is 0.419 e. The van der Waals surface area contributed by atoms with Gasteiger partial charge in [-0.25, -0.2) is 9.18 Å². The number of rotatable bonds is 5. The van der Waals surface area contributed by atoms with Crippen molar-refractivity contribution in [2.75, 3.05) is 31.5 Å². The number of hydrogen-bond donors (Lipinski definition) is 1. The minimum atomic E-state index is -4.79. The average molecular weight is 515 g/mol. The Kier molecular flexibility index (Phi) is 6.76. The van der Waals surface area contributed by atoms with Gasteiger partial charge in [-0.2, -0.15) is 13.2 Å². The Morgan fingerprint density at radius 2 is 1.78 bits per heavy atom. The summed E-state index contributed by atoms with van der Waals surface area (Å²) in [6, 6.07) is 13.3. The highest BCUT2D eigenvalue weighted by Crippen LogP contribution is 2.41. The molecule has 194 valence electrons. The van der Waals surface area contributed by atoms with Crippen molar-refractivity contribution in [2.24, 2.45) is 5.41 Å². The van der Waals surface area contributed by atoms with Crippen LogP contribution in [0.2, 0.25) is 0 Å². The fourth-order valence-corrected chi connectivity index (χ4v) is 4.93. The lowest BCUT2D eigenvalue weighted by Gasteiger charge is -2.53. The number of alkyl halides is 3. The molecule has 5 rings (SSSR count). The van der Waals surface area contributed by atoms with E-state index < -0.39 is 17.6 Å². The highest BCUT2D eigenvalue weighted by Gasteiger charge is 2.46. The molecule has 0 bridgehead atoms. The van der Waals surface area contributed by atoms with E-state index in [4.69, 9.17) is 4.74 Å². The summed E-state index contributed by atoms with van der Waals surface area (Å²) in [5.41, 5.74) is 0.437. The van der Waals surface area contributed by atoms with Crippen molar-refractivity contribution in [3.63, 3.8) is 0 Å². The Bertz CT molecular complexity index is 1250. The number of nitrogens with one attached hydrogen (secondary N) is 1. The molecule has 0 aliphatic carbocycles. The third-order valence-electron chi connectivity index (χ3n) is 6.95. The van der Waals surface area contributed by atoms with Crippen molar-refractivity contribution in [1.29, 1.82) is 0 Å². The molecule has 0 unspecified atom stereocenters. The van der Waals surface area contributed by atoms with E-state index in [1.54, 1.807) is 42.7 Å². The number of likely N-dealkylation sites (tertiary alicyclic amines) is 2. The van der Waals surface area contributed by atoms with Crippen LogP contribution < -0.4 is 10.1 Å². The van der Waals surface area contributed by atoms with Gasteiger partial charge in [0.1, 0.15) is 17.3 Å². The van der Waals surface area contributed by atoms with E-state index in [1.165, 1.54) is 6.07 Å². The molecule has 2 saturated heterocycles. The van der Waals surface area contributed by atoms with Gasteiger partial charge in [-0.1, -0.05) is 12.1 Å². The van der Waals surface area contributed by atoms with Gasteiger partial charge in [0.25, 0.3) is 0 Å². The number of carbonyl (C=O) groups is 1. The number of benzene rings is 2. The molecule has 10 heteroatoms. The van der Waals surface area contributed by atoms with E-state index in [-0.39, 0.29) is 17.2 Å². The number of aromatic nitrogens is 1. The SMILES string of the molecule is O=C(Nc1cccnc1)N1CC2(CCN(Cc3cccc(Oc4ccc(F)c(C(F)(F)F)c4)c3)CC2)C1. The first-order valence-corrected chi connectivity index (χ1v) is 12.0. The minimum Gasteiger partial charge on any atom is -0.457 e. The van der Waals surface area contributed by atoms with Crippen LogP contribution in [0.15, 0.2) is 67.0 Å². The van der Waals surface area contributed by atoms with Crippen LogP contribution in [-0.2, 0) is 12.7 Å². The number of anilines is 1. The van der Waals surface area contributed by atoms with Crippen LogP contribution in [0.1, 0.15) is 24.0 Å². The van der Waals surface area contributed by atoms with E-state index in [1.807, 2.05) is 11.0 Å². The number of nitrogens with zero attached hydrogens (tertiary/aromatic N) is 3. The Labute approximate surface area is 211 Å². The molecular formula is C27H26F4N4O2. The summed E-state index contributed by atoms with van der Waals surface area (Å²) in [7, 11) is 0. The lowest BCUT2D eigenvalue weighted by Crippen LogP contribution is -2.62. The molecule has 0 radical (unpaired) electrons. The number of piperidine rings is 1. The quantitative estimate of drug-likeness (QED) is 0.415. The van der Waals surface area contributed by atoms with Gasteiger partial charge in [0.2, 0.25) is 0 Å². The summed E-state index contributed by atoms with van der Waals surface area (Å²) in [4.78, 5) is 20.6. The highest BCUT2D eigenvalue weighted by atomic mass is 19.4. The summed E-state index contributed by atoms with van der Waals surface area (Å²) < 4.78 is 58.2. The largest absolute Gasteiger partial charge is 0.457 e. The van der Waals surface area contributed by atoms with Gasteiger partial charge in [-0.3, -0.25) is 9.88 Å². The van der Waals surface area contributed by atoms with Crippen molar-refractivity contribution >= 4 is 11.7 Å². The molecule has 1 aromatic heterocycles. The van der Waals surface area contributed by atoms with E-state index in [0.29, 0.717) is 24.0 Å². The van der Waals surface area contributed by atoms with Gasteiger partial charge in [-0.05, 0) is 74.0 Å². The zero-order valence-corrected chi connectivity index (χ0v) is 20.0. The van der Waals surface area contributed by atoms with E-state index in [2.05, 4.69) is 15.2 Å². The van der Waals surface area contributed by atoms with Crippen molar-refractivity contribution in [3.8, 4) is 11.5 Å². The fourth-order valence-electron chi connectivity index (χ4n) is 4.93. The third kappa shape index (κ3) is 5.85. The maximum Gasteiger partial charge on any atom is 0.419 e. The summed E-state index contributed by atoms with van der Waals surface area (Å²) in [5.74, 6) is -1.02. The lowest BCUT2D eigenvalue weighted by atomic mass is 9.72. The zero-order chi connectivity index (χ0) is 26.0. The van der Waals surface area contributed by atoms with Crippen molar-refractivity contribution in [3.05, 3.63) is 83.9 Å². The zero-order valence-electron chi connectivity index (χ0n) is 20.0. The molecule has 2 aromatic carbocycles. The van der Waals surface area contributed by atoms with E-state index in [9.17, 15) is 22.4 Å². The monoisotopic (exact) mass is 514 g/mol. The molecule has 3 aromatic rings. The number of hydrogen-bond acceptors (Lipinski definition) is 4. The van der Waals surface area contributed by atoms with Crippen molar-refractivity contribution < 1.29 is 27.1 Å². The van der Waals surface area contributed by atoms with E-state index >= 15 is 0 Å². The van der Waals surface area contributed by atoms with Gasteiger partial charge in [-0.15, -0.1) is 0 Å². The molecule has 1 N–H and O–H groups in total. The summed E-state index contributed by atoms with van der Waals surface area (Å²) >= 11 is 0. The number of carbonyl (C=O) groups excluding carboxylic acids is 1. The second-order valence-corrected chi connectivity index (χ2v) is 9.69. The Hall–Kier alpha value is -3.66. The van der Waals surface area contributed by atoms with Gasteiger partial charge in [0.05, 0.1) is 17.4 Å². The predicted molar refractivity (Wildman–Crippen MR) is 130 cm³/mol. The van der Waals surface area contributed by atoms with Crippen LogP contribution >= 0.6 is 0 Å². The number of amides is 2. The fraction of sp³-hybridized carbons (Fsp3) is 0.333. The van der Waals surface area contributed by atoms with Crippen LogP contribution in [0.4, 0.5) is 28.0 Å². The number of urea groups is 1. The molecular weight excluding hydrogens is 488 g/mol. The van der Waals surface area contributed by atoms with Gasteiger partial charge in [0.15, 0.2) is 0 Å². The maximum atomic E-state index is 13.6. The summed E-state index contributed by atoms with van der Waals surface area (Å²) in [6.07, 6.45) is 0.443. The Morgan fingerprint density at radius 3 is 2.49 bits per heavy atom. The highest BCUT2D eigenvalue weighted by molar-refractivity contribution is 5.89. The van der Waals surface area contributed by atoms with Crippen LogP contribution in [0.5, 0.6) is 11.5 Å². The molecule has 3 heterocycles. The van der Waals surface area contributed by atoms with E-state index in [0.717, 1.165) is 50.7 Å². The number of pyridine rings is 1. The van der Waals surface area contributed by atoms with Crippen LogP contribution in [0.3, 0.4) is 0 Å². The third-order valence-corrected chi connectivity index (χ3v) is 6.95. The first-order chi connectivity index (χ1) is 17.7. The molecule has 2 fully saturated rings. The van der Waals surface area contributed by atoms with Crippen molar-refractivity contribution in [1.82, 2.24) is 14.8 Å². The van der Waals surface area contributed by atoms with Crippen LogP contribution in [0.25, 0.3) is 0 Å². The molecule has 0 saturated carbocycles. The molecule has 2 aliphatic heterocycles. The standard InChI is InChI=1S/C27H26F4N4O2/c28-24-7-6-22(14-23(24)27(29,30)31)37-21-5-1-3-19(13-21)16-34-11-8-26(9-12-34)17-35(18-26)25(36)33-20-4-2-10-32-15-20/h1-7,10,13-15H,8-9,11-12,16-18H2,(H,33,36). The number of ether oxygens (including phenoxy) is 1. The minimum absolute atomic E-state index is 0.0760. The molecule has 2 aliphatic rings. The normalized spacial score (nSPS) is 17.4. The van der Waals surface area contributed by atoms with Crippen molar-refractivity contribution in [2.45, 2.75) is 25.6 Å². The lowest BCUT2D eigenvalue weighted by molar-refractivity contribution is -0.140. The maximum absolute atomic E-state index is 13.6. The first-order valence-electron chi connectivity index (χ1n) is 12.0. The van der Waals surface area contributed by atoms with Crippen LogP contribution in [0, 0.1) is 11.2 Å². The van der Waals surface area contributed by atoms with Gasteiger partial charge >= 0.3 is 12.2 Å². The molecule has 0 atom stereocenters. The predicted octanol–water partition coefficient (Wildman–Crippen LogP) is 6.16. The Morgan fingerprint density at radius 1 is 1.03 bits per heavy atom. The molecule has 1 spiro atoms. The summed E-state index contributed by atoms with van der Waals surface area (Å²) in [5, 5.41) is 2.87.